The van der Waals surface area contributed by atoms with E-state index in [9.17, 15) is 9.90 Å². The number of carboxylic acids is 1. The fourth-order valence-electron chi connectivity index (χ4n) is 2.43. The van der Waals surface area contributed by atoms with Gasteiger partial charge in [0.2, 0.25) is 0 Å². The Bertz CT molecular complexity index is 490. The molecule has 0 radical (unpaired) electrons. The van der Waals surface area contributed by atoms with Crippen molar-refractivity contribution in [1.82, 2.24) is 0 Å². The molecule has 3 atom stereocenters. The summed E-state index contributed by atoms with van der Waals surface area (Å²) in [6.45, 7) is 7.69. The molecule has 0 saturated heterocycles. The highest BCUT2D eigenvalue weighted by Gasteiger charge is 2.53. The molecule has 2 saturated carbocycles. The standard InChI is InChI=1S/C8H10O.C7H6O2/c1-4-3-6(9)8-5(2)7(4)8;8-7(9)6-4-2-1-3-5-6/h6-9H,1-3H2;1-5H,(H,8,9). The molecule has 2 fully saturated rings. The summed E-state index contributed by atoms with van der Waals surface area (Å²) < 4.78 is 0. The van der Waals surface area contributed by atoms with Gasteiger partial charge in [0.1, 0.15) is 0 Å². The highest BCUT2D eigenvalue weighted by Crippen LogP contribution is 2.58. The third kappa shape index (κ3) is 2.36. The number of hydrogen-bond acceptors (Lipinski definition) is 2. The van der Waals surface area contributed by atoms with Gasteiger partial charge < -0.3 is 10.2 Å². The number of aliphatic hydroxyl groups excluding tert-OH is 1. The Morgan fingerprint density at radius 1 is 1.22 bits per heavy atom. The second-order valence-corrected chi connectivity index (χ2v) is 4.68. The Morgan fingerprint density at radius 2 is 1.83 bits per heavy atom. The Hall–Kier alpha value is -1.87. The average Bonchev–Trinajstić information content (AvgIpc) is 2.92. The molecule has 3 nitrogen and oxygen atoms in total. The summed E-state index contributed by atoms with van der Waals surface area (Å²) in [5.41, 5.74) is 2.70. The van der Waals surface area contributed by atoms with Crippen LogP contribution in [0.2, 0.25) is 0 Å². The van der Waals surface area contributed by atoms with E-state index in [1.54, 1.807) is 30.3 Å². The monoisotopic (exact) mass is 244 g/mol. The van der Waals surface area contributed by atoms with E-state index in [2.05, 4.69) is 13.2 Å². The first-order valence-corrected chi connectivity index (χ1v) is 5.85. The quantitative estimate of drug-likeness (QED) is 0.746. The summed E-state index contributed by atoms with van der Waals surface area (Å²) >= 11 is 0. The van der Waals surface area contributed by atoms with E-state index in [-0.39, 0.29) is 6.10 Å². The minimum atomic E-state index is -0.879. The molecule has 1 aromatic rings. The van der Waals surface area contributed by atoms with Gasteiger partial charge in [-0.3, -0.25) is 0 Å². The zero-order valence-electron chi connectivity index (χ0n) is 10.0. The molecule has 18 heavy (non-hydrogen) atoms. The topological polar surface area (TPSA) is 57.5 Å². The predicted octanol–water partition coefficient (Wildman–Crippen LogP) is 2.49. The van der Waals surface area contributed by atoms with Gasteiger partial charge in [0.05, 0.1) is 11.7 Å². The maximum Gasteiger partial charge on any atom is 0.335 e. The lowest BCUT2D eigenvalue weighted by Crippen LogP contribution is -2.03. The zero-order chi connectivity index (χ0) is 13.3. The van der Waals surface area contributed by atoms with Gasteiger partial charge in [-0.05, 0) is 18.6 Å². The largest absolute Gasteiger partial charge is 0.478 e. The number of aliphatic hydroxyl groups is 1. The summed E-state index contributed by atoms with van der Waals surface area (Å²) in [6.07, 6.45) is 0.643. The van der Waals surface area contributed by atoms with E-state index in [4.69, 9.17) is 5.11 Å². The van der Waals surface area contributed by atoms with Crippen molar-refractivity contribution in [2.24, 2.45) is 11.8 Å². The molecule has 3 unspecified atom stereocenters. The van der Waals surface area contributed by atoms with Crippen LogP contribution in [-0.4, -0.2) is 22.3 Å². The SMILES string of the molecule is C=C1CC(O)C2C(=C)C12.O=C(O)c1ccccc1. The van der Waals surface area contributed by atoms with Crippen molar-refractivity contribution in [3.63, 3.8) is 0 Å². The Morgan fingerprint density at radius 3 is 2.11 bits per heavy atom. The van der Waals surface area contributed by atoms with E-state index in [1.807, 2.05) is 0 Å². The maximum absolute atomic E-state index is 10.2. The van der Waals surface area contributed by atoms with Gasteiger partial charge in [-0.15, -0.1) is 0 Å². The number of fused-ring (bicyclic) bond motifs is 1. The van der Waals surface area contributed by atoms with Gasteiger partial charge in [-0.1, -0.05) is 42.5 Å². The summed E-state index contributed by atoms with van der Waals surface area (Å²) in [5, 5.41) is 17.6. The number of carboxylic acid groups (broad SMARTS) is 1. The van der Waals surface area contributed by atoms with Gasteiger partial charge in [0.15, 0.2) is 0 Å². The Balaban J connectivity index is 0.000000134. The zero-order valence-corrected chi connectivity index (χ0v) is 10.0. The minimum absolute atomic E-state index is 0.157. The van der Waals surface area contributed by atoms with Crippen LogP contribution < -0.4 is 0 Å². The first-order valence-electron chi connectivity index (χ1n) is 5.85. The third-order valence-corrected chi connectivity index (χ3v) is 3.42. The van der Waals surface area contributed by atoms with Gasteiger partial charge in [-0.25, -0.2) is 4.79 Å². The molecular weight excluding hydrogens is 228 g/mol. The molecule has 0 spiro atoms. The lowest BCUT2D eigenvalue weighted by Gasteiger charge is -2.01. The van der Waals surface area contributed by atoms with Crippen molar-refractivity contribution >= 4 is 5.97 Å². The molecule has 0 aromatic heterocycles. The van der Waals surface area contributed by atoms with Crippen molar-refractivity contribution in [3.05, 3.63) is 60.2 Å². The second kappa shape index (κ2) is 4.78. The van der Waals surface area contributed by atoms with Crippen LogP contribution >= 0.6 is 0 Å². The van der Waals surface area contributed by atoms with Crippen molar-refractivity contribution in [3.8, 4) is 0 Å². The van der Waals surface area contributed by atoms with E-state index in [0.717, 1.165) is 6.42 Å². The number of carbonyl (C=O) groups is 1. The molecule has 2 aliphatic carbocycles. The summed E-state index contributed by atoms with van der Waals surface area (Å²) in [5.74, 6) is -0.00639. The number of benzene rings is 1. The van der Waals surface area contributed by atoms with Crippen molar-refractivity contribution in [1.29, 1.82) is 0 Å². The molecule has 0 bridgehead atoms. The number of rotatable bonds is 1. The first kappa shape index (κ1) is 12.6. The van der Waals surface area contributed by atoms with E-state index >= 15 is 0 Å². The predicted molar refractivity (Wildman–Crippen MR) is 69.3 cm³/mol. The van der Waals surface area contributed by atoms with Gasteiger partial charge in [0.25, 0.3) is 0 Å². The van der Waals surface area contributed by atoms with E-state index in [0.29, 0.717) is 17.4 Å². The van der Waals surface area contributed by atoms with E-state index in [1.165, 1.54) is 11.1 Å². The minimum Gasteiger partial charge on any atom is -0.478 e. The molecule has 2 aliphatic rings. The fraction of sp³-hybridized carbons (Fsp3) is 0.267. The number of aromatic carboxylic acids is 1. The van der Waals surface area contributed by atoms with Crippen molar-refractivity contribution in [2.75, 3.05) is 0 Å². The highest BCUT2D eigenvalue weighted by molar-refractivity contribution is 5.87. The molecule has 0 aliphatic heterocycles. The molecule has 0 amide bonds. The van der Waals surface area contributed by atoms with Crippen LogP contribution in [-0.2, 0) is 0 Å². The Kier molecular flexibility index (Phi) is 3.34. The van der Waals surface area contributed by atoms with Crippen LogP contribution in [0.4, 0.5) is 0 Å². The average molecular weight is 244 g/mol. The summed E-state index contributed by atoms with van der Waals surface area (Å²) in [6, 6.07) is 8.30. The van der Waals surface area contributed by atoms with Gasteiger partial charge in [0, 0.05) is 11.8 Å². The smallest absolute Gasteiger partial charge is 0.335 e. The van der Waals surface area contributed by atoms with Crippen molar-refractivity contribution in [2.45, 2.75) is 12.5 Å². The van der Waals surface area contributed by atoms with Gasteiger partial charge >= 0.3 is 5.97 Å². The first-order chi connectivity index (χ1) is 8.52. The van der Waals surface area contributed by atoms with Gasteiger partial charge in [-0.2, -0.15) is 0 Å². The van der Waals surface area contributed by atoms with Crippen LogP contribution in [0.25, 0.3) is 0 Å². The summed E-state index contributed by atoms with van der Waals surface area (Å²) in [4.78, 5) is 10.2. The maximum atomic E-state index is 10.2. The van der Waals surface area contributed by atoms with Crippen LogP contribution in [0, 0.1) is 11.8 Å². The molecule has 0 heterocycles. The normalized spacial score (nSPS) is 28.2. The third-order valence-electron chi connectivity index (χ3n) is 3.42. The lowest BCUT2D eigenvalue weighted by molar-refractivity contribution is 0.0697. The second-order valence-electron chi connectivity index (χ2n) is 4.68. The van der Waals surface area contributed by atoms with Crippen LogP contribution in [0.3, 0.4) is 0 Å². The lowest BCUT2D eigenvalue weighted by atomic mass is 10.1. The van der Waals surface area contributed by atoms with Crippen molar-refractivity contribution < 1.29 is 15.0 Å². The molecule has 2 N–H and O–H groups in total. The summed E-state index contributed by atoms with van der Waals surface area (Å²) in [7, 11) is 0. The fourth-order valence-corrected chi connectivity index (χ4v) is 2.43. The van der Waals surface area contributed by atoms with Crippen LogP contribution in [0.5, 0.6) is 0 Å². The van der Waals surface area contributed by atoms with Crippen LogP contribution in [0.1, 0.15) is 16.8 Å². The molecule has 3 rings (SSSR count). The molecular formula is C15H16O3. The van der Waals surface area contributed by atoms with E-state index < -0.39 is 5.97 Å². The molecule has 94 valence electrons. The number of hydrogen-bond donors (Lipinski definition) is 2. The molecule has 3 heteroatoms. The molecule has 1 aromatic carbocycles. The van der Waals surface area contributed by atoms with Crippen LogP contribution in [0.15, 0.2) is 54.6 Å². The Labute approximate surface area is 106 Å². The highest BCUT2D eigenvalue weighted by atomic mass is 16.4.